The summed E-state index contributed by atoms with van der Waals surface area (Å²) in [5.41, 5.74) is 3.84. The lowest BCUT2D eigenvalue weighted by atomic mass is 9.88. The van der Waals surface area contributed by atoms with Crippen molar-refractivity contribution >= 4 is 23.8 Å². The first-order valence-corrected chi connectivity index (χ1v) is 9.88. The average molecular weight is 390 g/mol. The van der Waals surface area contributed by atoms with E-state index in [-0.39, 0.29) is 11.7 Å². The van der Waals surface area contributed by atoms with Gasteiger partial charge in [0.05, 0.1) is 11.4 Å². The smallest absolute Gasteiger partial charge is 0.246 e. The second-order valence-corrected chi connectivity index (χ2v) is 7.26. The van der Waals surface area contributed by atoms with Gasteiger partial charge in [0.2, 0.25) is 5.91 Å². The Morgan fingerprint density at radius 2 is 1.83 bits per heavy atom. The number of aliphatic hydroxyl groups excluding tert-OH is 1. The van der Waals surface area contributed by atoms with Crippen molar-refractivity contribution in [3.05, 3.63) is 77.1 Å². The number of benzene rings is 1. The molecule has 1 saturated heterocycles. The van der Waals surface area contributed by atoms with Crippen molar-refractivity contribution in [3.8, 4) is 0 Å². The zero-order chi connectivity index (χ0) is 20.6. The average Bonchev–Trinajstić information content (AvgIpc) is 2.76. The lowest BCUT2D eigenvalue weighted by molar-refractivity contribution is -0.127. The molecule has 1 fully saturated rings. The summed E-state index contributed by atoms with van der Waals surface area (Å²) in [6.07, 6.45) is 8.20. The van der Waals surface area contributed by atoms with Gasteiger partial charge in [-0.05, 0) is 61.3 Å². The quantitative estimate of drug-likeness (QED) is 0.768. The van der Waals surface area contributed by atoms with Crippen molar-refractivity contribution in [2.45, 2.75) is 25.7 Å². The Hall–Kier alpha value is -3.05. The number of carbonyl (C=O) groups excluding carboxylic acids is 2. The number of piperidine rings is 1. The molecule has 0 spiro atoms. The van der Waals surface area contributed by atoms with Crippen LogP contribution < -0.4 is 0 Å². The predicted molar refractivity (Wildman–Crippen MR) is 114 cm³/mol. The minimum Gasteiger partial charge on any atom is -0.388 e. The number of nitrogens with zero attached hydrogens (tertiary/aromatic N) is 2. The summed E-state index contributed by atoms with van der Waals surface area (Å²) in [7, 11) is 0. The maximum atomic E-state index is 12.7. The molecular formula is C24H26N2O3. The van der Waals surface area contributed by atoms with Gasteiger partial charge in [-0.15, -0.1) is 0 Å². The molecule has 1 unspecified atom stereocenters. The summed E-state index contributed by atoms with van der Waals surface area (Å²) in [5, 5.41) is 8.77. The lowest BCUT2D eigenvalue weighted by Crippen LogP contribution is -2.38. The van der Waals surface area contributed by atoms with Crippen LogP contribution in [-0.2, 0) is 9.59 Å². The molecule has 0 saturated carbocycles. The molecule has 1 atom stereocenters. The molecule has 0 bridgehead atoms. The molecule has 3 rings (SSSR count). The number of aromatic nitrogens is 1. The number of hydrogen-bond acceptors (Lipinski definition) is 4. The maximum Gasteiger partial charge on any atom is 0.246 e. The normalized spacial score (nSPS) is 17.2. The second-order valence-electron chi connectivity index (χ2n) is 7.26. The number of aryl methyl sites for hydroxylation is 1. The topological polar surface area (TPSA) is 70.5 Å². The molecule has 0 aliphatic carbocycles. The van der Waals surface area contributed by atoms with Crippen LogP contribution in [0.1, 0.15) is 41.3 Å². The van der Waals surface area contributed by atoms with E-state index in [1.165, 1.54) is 17.2 Å². The van der Waals surface area contributed by atoms with Gasteiger partial charge >= 0.3 is 0 Å². The summed E-state index contributed by atoms with van der Waals surface area (Å²) < 4.78 is 0. The first kappa shape index (κ1) is 20.7. The standard InChI is InChI=1S/C24H26N2O3/c1-18-6-2-3-10-23(18)19-7-5-15-26(16-19)24(29)14-12-21-9-4-8-20(25-21)11-13-22(28)17-27/h2-4,6,8-14,19,27H,5,7,15-17H2,1H3/b13-11+,14-12+. The number of likely N-dealkylation sites (tertiary alicyclic amines) is 1. The highest BCUT2D eigenvalue weighted by molar-refractivity contribution is 5.94. The van der Waals surface area contributed by atoms with Crippen LogP contribution in [0.2, 0.25) is 0 Å². The molecule has 2 aromatic rings. The van der Waals surface area contributed by atoms with Gasteiger partial charge in [0.15, 0.2) is 5.78 Å². The molecule has 1 N–H and O–H groups in total. The van der Waals surface area contributed by atoms with E-state index in [4.69, 9.17) is 5.11 Å². The second kappa shape index (κ2) is 9.94. The fraction of sp³-hybridized carbons (Fsp3) is 0.292. The summed E-state index contributed by atoms with van der Waals surface area (Å²) in [4.78, 5) is 30.2. The fourth-order valence-electron chi connectivity index (χ4n) is 3.62. The van der Waals surface area contributed by atoms with E-state index in [0.717, 1.165) is 25.9 Å². The number of hydrogen-bond donors (Lipinski definition) is 1. The highest BCUT2D eigenvalue weighted by atomic mass is 16.3. The number of pyridine rings is 1. The zero-order valence-electron chi connectivity index (χ0n) is 16.6. The molecule has 1 aromatic heterocycles. The largest absolute Gasteiger partial charge is 0.388 e. The van der Waals surface area contributed by atoms with Crippen LogP contribution in [0.25, 0.3) is 12.2 Å². The van der Waals surface area contributed by atoms with Gasteiger partial charge in [-0.25, -0.2) is 4.98 Å². The third-order valence-corrected chi connectivity index (χ3v) is 5.15. The molecular weight excluding hydrogens is 364 g/mol. The van der Waals surface area contributed by atoms with Crippen molar-refractivity contribution < 1.29 is 14.7 Å². The highest BCUT2D eigenvalue weighted by Gasteiger charge is 2.24. The van der Waals surface area contributed by atoms with E-state index in [0.29, 0.717) is 17.3 Å². The van der Waals surface area contributed by atoms with Gasteiger partial charge in [0.25, 0.3) is 0 Å². The van der Waals surface area contributed by atoms with Crippen molar-refractivity contribution in [1.82, 2.24) is 9.88 Å². The van der Waals surface area contributed by atoms with E-state index in [2.05, 4.69) is 30.1 Å². The summed E-state index contributed by atoms with van der Waals surface area (Å²) >= 11 is 0. The number of carbonyl (C=O) groups is 2. The van der Waals surface area contributed by atoms with Crippen LogP contribution >= 0.6 is 0 Å². The number of rotatable bonds is 6. The van der Waals surface area contributed by atoms with Gasteiger partial charge in [0.1, 0.15) is 6.61 Å². The Balaban J connectivity index is 1.65. The fourth-order valence-corrected chi connectivity index (χ4v) is 3.62. The van der Waals surface area contributed by atoms with E-state index in [9.17, 15) is 9.59 Å². The summed E-state index contributed by atoms with van der Waals surface area (Å²) in [6, 6.07) is 13.8. The lowest BCUT2D eigenvalue weighted by Gasteiger charge is -2.33. The van der Waals surface area contributed by atoms with Crippen LogP contribution in [0.15, 0.2) is 54.6 Å². The van der Waals surface area contributed by atoms with E-state index in [1.807, 2.05) is 17.0 Å². The molecule has 0 radical (unpaired) electrons. The minimum atomic E-state index is -0.524. The predicted octanol–water partition coefficient (Wildman–Crippen LogP) is 3.38. The molecule has 150 valence electrons. The minimum absolute atomic E-state index is 0.0125. The van der Waals surface area contributed by atoms with E-state index in [1.54, 1.807) is 30.4 Å². The monoisotopic (exact) mass is 390 g/mol. The first-order valence-electron chi connectivity index (χ1n) is 9.88. The number of ketones is 1. The molecule has 5 nitrogen and oxygen atoms in total. The van der Waals surface area contributed by atoms with Crippen molar-refractivity contribution in [3.63, 3.8) is 0 Å². The van der Waals surface area contributed by atoms with Crippen molar-refractivity contribution in [2.24, 2.45) is 0 Å². The van der Waals surface area contributed by atoms with Gasteiger partial charge in [-0.1, -0.05) is 30.3 Å². The Morgan fingerprint density at radius 1 is 1.10 bits per heavy atom. The van der Waals surface area contributed by atoms with Crippen LogP contribution in [0, 0.1) is 6.92 Å². The molecule has 1 amide bonds. The Labute approximate surface area is 171 Å². The third kappa shape index (κ3) is 5.72. The van der Waals surface area contributed by atoms with Crippen LogP contribution in [-0.4, -0.2) is 46.4 Å². The Morgan fingerprint density at radius 3 is 2.55 bits per heavy atom. The molecule has 1 aliphatic rings. The number of amides is 1. The molecule has 1 aliphatic heterocycles. The highest BCUT2D eigenvalue weighted by Crippen LogP contribution is 2.29. The van der Waals surface area contributed by atoms with Gasteiger partial charge in [-0.2, -0.15) is 0 Å². The van der Waals surface area contributed by atoms with Crippen LogP contribution in [0.4, 0.5) is 0 Å². The maximum absolute atomic E-state index is 12.7. The zero-order valence-corrected chi connectivity index (χ0v) is 16.6. The Bertz CT molecular complexity index is 933. The molecule has 29 heavy (non-hydrogen) atoms. The van der Waals surface area contributed by atoms with Crippen LogP contribution in [0.3, 0.4) is 0 Å². The van der Waals surface area contributed by atoms with Gasteiger partial charge in [-0.3, -0.25) is 9.59 Å². The molecule has 2 heterocycles. The van der Waals surface area contributed by atoms with Crippen molar-refractivity contribution in [2.75, 3.05) is 19.7 Å². The van der Waals surface area contributed by atoms with Gasteiger partial charge in [0, 0.05) is 25.1 Å². The van der Waals surface area contributed by atoms with Crippen molar-refractivity contribution in [1.29, 1.82) is 0 Å². The number of aliphatic hydroxyl groups is 1. The summed E-state index contributed by atoms with van der Waals surface area (Å²) in [6.45, 7) is 3.10. The SMILES string of the molecule is Cc1ccccc1C1CCCN(C(=O)/C=C/c2cccc(/C=C/C(=O)CO)n2)C1. The third-order valence-electron chi connectivity index (χ3n) is 5.15. The van der Waals surface area contributed by atoms with E-state index < -0.39 is 6.61 Å². The van der Waals surface area contributed by atoms with Crippen LogP contribution in [0.5, 0.6) is 0 Å². The van der Waals surface area contributed by atoms with E-state index >= 15 is 0 Å². The Kier molecular flexibility index (Phi) is 7.09. The first-order chi connectivity index (χ1) is 14.1. The molecule has 1 aromatic carbocycles. The summed E-state index contributed by atoms with van der Waals surface area (Å²) in [5.74, 6) is -0.0179. The molecule has 5 heteroatoms. The van der Waals surface area contributed by atoms with Gasteiger partial charge < -0.3 is 10.0 Å².